The Morgan fingerprint density at radius 1 is 0.979 bits per heavy atom. The van der Waals surface area contributed by atoms with Gasteiger partial charge in [0.2, 0.25) is 11.8 Å². The number of urea groups is 1. The Labute approximate surface area is 293 Å². The highest BCUT2D eigenvalue weighted by Crippen LogP contribution is 2.31. The third-order valence-corrected chi connectivity index (χ3v) is 11.1. The van der Waals surface area contributed by atoms with Crippen molar-refractivity contribution < 1.29 is 17.9 Å². The lowest BCUT2D eigenvalue weighted by molar-refractivity contribution is 0.175. The largest absolute Gasteiger partial charge is 0.436 e. The first kappa shape index (κ1) is 36.1. The van der Waals surface area contributed by atoms with Crippen LogP contribution in [0.15, 0.2) is 42.7 Å². The van der Waals surface area contributed by atoms with Crippen LogP contribution in [0.2, 0.25) is 10.0 Å². The monoisotopic (exact) mass is 718 g/mol. The molecule has 0 saturated carbocycles. The lowest BCUT2D eigenvalue weighted by atomic mass is 9.96. The summed E-state index contributed by atoms with van der Waals surface area (Å²) >= 11 is 12.7. The van der Waals surface area contributed by atoms with Gasteiger partial charge < -0.3 is 20.3 Å². The fourth-order valence-electron chi connectivity index (χ4n) is 5.88. The second-order valence-electron chi connectivity index (χ2n) is 12.6. The molecular formula is C33H44Cl2N8O4S. The van der Waals surface area contributed by atoms with Crippen LogP contribution in [0.25, 0.3) is 11.3 Å². The van der Waals surface area contributed by atoms with E-state index in [0.29, 0.717) is 58.7 Å². The predicted molar refractivity (Wildman–Crippen MR) is 190 cm³/mol. The molecule has 0 aliphatic carbocycles. The summed E-state index contributed by atoms with van der Waals surface area (Å²) in [6.45, 7) is 8.87. The number of likely N-dealkylation sites (tertiary alicyclic amines) is 1. The van der Waals surface area contributed by atoms with Crippen LogP contribution in [0.1, 0.15) is 31.7 Å². The van der Waals surface area contributed by atoms with Gasteiger partial charge in [0.25, 0.3) is 0 Å². The Morgan fingerprint density at radius 3 is 2.27 bits per heavy atom. The van der Waals surface area contributed by atoms with Crippen molar-refractivity contribution >= 4 is 45.0 Å². The molecule has 2 aliphatic heterocycles. The number of sulfone groups is 1. The van der Waals surface area contributed by atoms with Crippen molar-refractivity contribution in [1.82, 2.24) is 35.4 Å². The molecule has 5 rings (SSSR count). The number of halogens is 2. The molecule has 2 fully saturated rings. The SMILES string of the molecule is CNC(=O)NCC1CCN(Cc2cc(Oc3cnc(N4CCN(CCC(C)S(C)(=O)=O)CC4)nc3)nc(-c3cc(Cl)cc(Cl)c3)c2)CC1. The number of piperazine rings is 1. The molecule has 0 radical (unpaired) electrons. The zero-order valence-corrected chi connectivity index (χ0v) is 30.0. The topological polar surface area (TPSA) is 133 Å². The average molecular weight is 720 g/mol. The molecule has 1 aromatic carbocycles. The fraction of sp³-hybridized carbons (Fsp3) is 0.515. The van der Waals surface area contributed by atoms with E-state index in [1.807, 2.05) is 24.3 Å². The van der Waals surface area contributed by atoms with Crippen molar-refractivity contribution in [3.05, 3.63) is 58.3 Å². The molecule has 1 unspecified atom stereocenters. The lowest BCUT2D eigenvalue weighted by Crippen LogP contribution is -2.47. The second kappa shape index (κ2) is 16.4. The summed E-state index contributed by atoms with van der Waals surface area (Å²) in [6, 6.07) is 9.18. The first-order chi connectivity index (χ1) is 22.9. The Balaban J connectivity index is 1.23. The molecule has 2 saturated heterocycles. The molecular weight excluding hydrogens is 675 g/mol. The van der Waals surface area contributed by atoms with Gasteiger partial charge in [0.15, 0.2) is 5.75 Å². The van der Waals surface area contributed by atoms with Crippen molar-refractivity contribution in [2.45, 2.75) is 38.0 Å². The number of carbonyl (C=O) groups is 1. The zero-order valence-electron chi connectivity index (χ0n) is 27.7. The molecule has 2 amide bonds. The number of piperidine rings is 1. The van der Waals surface area contributed by atoms with Crippen molar-refractivity contribution in [2.24, 2.45) is 5.92 Å². The van der Waals surface area contributed by atoms with Crippen LogP contribution >= 0.6 is 23.2 Å². The molecule has 15 heteroatoms. The average Bonchev–Trinajstić information content (AvgIpc) is 3.06. The first-order valence-corrected chi connectivity index (χ1v) is 19.0. The quantitative estimate of drug-likeness (QED) is 0.271. The van der Waals surface area contributed by atoms with E-state index >= 15 is 0 Å². The van der Waals surface area contributed by atoms with Gasteiger partial charge in [-0.1, -0.05) is 23.2 Å². The van der Waals surface area contributed by atoms with Crippen LogP contribution in [-0.4, -0.2) is 110 Å². The maximum absolute atomic E-state index is 11.8. The van der Waals surface area contributed by atoms with E-state index in [2.05, 4.69) is 35.3 Å². The minimum Gasteiger partial charge on any atom is -0.436 e. The van der Waals surface area contributed by atoms with Crippen LogP contribution in [0.5, 0.6) is 11.6 Å². The third kappa shape index (κ3) is 10.4. The molecule has 1 atom stereocenters. The summed E-state index contributed by atoms with van der Waals surface area (Å²) in [7, 11) is -1.40. The van der Waals surface area contributed by atoms with E-state index < -0.39 is 9.84 Å². The fourth-order valence-corrected chi connectivity index (χ4v) is 6.94. The zero-order chi connectivity index (χ0) is 34.3. The maximum atomic E-state index is 11.8. The number of hydrogen-bond donors (Lipinski definition) is 2. The molecule has 48 heavy (non-hydrogen) atoms. The molecule has 0 bridgehead atoms. The number of anilines is 1. The van der Waals surface area contributed by atoms with Gasteiger partial charge >= 0.3 is 6.03 Å². The van der Waals surface area contributed by atoms with Crippen LogP contribution in [0, 0.1) is 5.92 Å². The van der Waals surface area contributed by atoms with E-state index in [9.17, 15) is 13.2 Å². The van der Waals surface area contributed by atoms with E-state index in [-0.39, 0.29) is 11.3 Å². The number of nitrogens with one attached hydrogen (secondary N) is 2. The Morgan fingerprint density at radius 2 is 1.65 bits per heavy atom. The minimum atomic E-state index is -3.02. The van der Waals surface area contributed by atoms with Gasteiger partial charge in [0, 0.05) is 74.2 Å². The summed E-state index contributed by atoms with van der Waals surface area (Å²) in [5.74, 6) is 1.95. The molecule has 2 aromatic heterocycles. The van der Waals surface area contributed by atoms with Gasteiger partial charge in [-0.05, 0) is 81.6 Å². The number of rotatable bonds is 12. The second-order valence-corrected chi connectivity index (χ2v) is 16.0. The van der Waals surface area contributed by atoms with Crippen molar-refractivity contribution in [1.29, 1.82) is 0 Å². The third-order valence-electron chi connectivity index (χ3n) is 8.99. The Hall–Kier alpha value is -3.23. The molecule has 4 heterocycles. The highest BCUT2D eigenvalue weighted by atomic mass is 35.5. The molecule has 260 valence electrons. The van der Waals surface area contributed by atoms with E-state index in [0.717, 1.165) is 69.8 Å². The van der Waals surface area contributed by atoms with E-state index in [1.165, 1.54) is 6.26 Å². The standard InChI is InChI=1S/C33H44Cl2N8O4S/c1-23(48(3,45)46)4-7-41-10-12-43(13-11-41)32-37-20-29(21-38-32)47-31-15-25(14-30(40-31)26-16-27(34)18-28(35)17-26)22-42-8-5-24(6-9-42)19-39-33(44)36-2/h14-18,20-21,23-24H,4-13,19,22H2,1-3H3,(H2,36,39,44). The van der Waals surface area contributed by atoms with Crippen molar-refractivity contribution in [3.8, 4) is 22.9 Å². The number of ether oxygens (including phenoxy) is 1. The number of amides is 2. The Bertz CT molecular complexity index is 1630. The smallest absolute Gasteiger partial charge is 0.314 e. The molecule has 0 spiro atoms. The number of benzene rings is 1. The number of pyridine rings is 1. The van der Waals surface area contributed by atoms with Crippen LogP contribution < -0.4 is 20.3 Å². The number of nitrogens with zero attached hydrogens (tertiary/aromatic N) is 6. The molecule has 12 nitrogen and oxygen atoms in total. The van der Waals surface area contributed by atoms with Crippen molar-refractivity contribution in [3.63, 3.8) is 0 Å². The number of carbonyl (C=O) groups excluding carboxylic acids is 1. The molecule has 2 N–H and O–H groups in total. The number of hydrogen-bond acceptors (Lipinski definition) is 10. The van der Waals surface area contributed by atoms with Gasteiger partial charge in [-0.25, -0.2) is 28.2 Å². The van der Waals surface area contributed by atoms with Gasteiger partial charge in [0.1, 0.15) is 9.84 Å². The van der Waals surface area contributed by atoms with Gasteiger partial charge in [-0.2, -0.15) is 0 Å². The highest BCUT2D eigenvalue weighted by Gasteiger charge is 2.23. The Kier molecular flexibility index (Phi) is 12.4. The number of aromatic nitrogens is 3. The summed E-state index contributed by atoms with van der Waals surface area (Å²) in [5, 5.41) is 6.22. The molecule has 2 aliphatic rings. The predicted octanol–water partition coefficient (Wildman–Crippen LogP) is 4.72. The first-order valence-electron chi connectivity index (χ1n) is 16.3. The minimum absolute atomic E-state index is 0.149. The summed E-state index contributed by atoms with van der Waals surface area (Å²) in [5.41, 5.74) is 2.52. The van der Waals surface area contributed by atoms with Crippen molar-refractivity contribution in [2.75, 3.05) is 70.6 Å². The summed E-state index contributed by atoms with van der Waals surface area (Å²) < 4.78 is 29.7. The highest BCUT2D eigenvalue weighted by molar-refractivity contribution is 7.91. The van der Waals surface area contributed by atoms with Crippen LogP contribution in [-0.2, 0) is 16.4 Å². The molecule has 3 aromatic rings. The van der Waals surface area contributed by atoms with Gasteiger partial charge in [-0.3, -0.25) is 9.80 Å². The lowest BCUT2D eigenvalue weighted by Gasteiger charge is -2.35. The van der Waals surface area contributed by atoms with Crippen LogP contribution in [0.4, 0.5) is 10.7 Å². The van der Waals surface area contributed by atoms with Gasteiger partial charge in [0.05, 0.1) is 23.3 Å². The summed E-state index contributed by atoms with van der Waals surface area (Å²) in [4.78, 5) is 32.3. The van der Waals surface area contributed by atoms with E-state index in [4.69, 9.17) is 32.9 Å². The maximum Gasteiger partial charge on any atom is 0.314 e. The summed E-state index contributed by atoms with van der Waals surface area (Å²) in [6.07, 6.45) is 7.23. The normalized spacial score (nSPS) is 17.2. The van der Waals surface area contributed by atoms with E-state index in [1.54, 1.807) is 32.4 Å². The van der Waals surface area contributed by atoms with Gasteiger partial charge in [-0.15, -0.1) is 0 Å². The van der Waals surface area contributed by atoms with Crippen LogP contribution in [0.3, 0.4) is 0 Å².